The highest BCUT2D eigenvalue weighted by Crippen LogP contribution is 2.08. The number of aliphatic carboxylic acids is 1. The summed E-state index contributed by atoms with van der Waals surface area (Å²) < 4.78 is 5.23. The van der Waals surface area contributed by atoms with Crippen LogP contribution in [0.2, 0.25) is 0 Å². The fourth-order valence-electron chi connectivity index (χ4n) is 1.01. The molecule has 6 nitrogen and oxygen atoms in total. The zero-order chi connectivity index (χ0) is 13.7. The number of carbonyl (C=O) groups excluding carboxylic acids is 1. The van der Waals surface area contributed by atoms with Crippen LogP contribution in [-0.2, 0) is 14.3 Å². The molecule has 0 aliphatic carbocycles. The Labute approximate surface area is 101 Å². The van der Waals surface area contributed by atoms with E-state index in [1.807, 2.05) is 20.8 Å². The van der Waals surface area contributed by atoms with Crippen LogP contribution < -0.4 is 5.32 Å². The van der Waals surface area contributed by atoms with Crippen molar-refractivity contribution in [1.29, 1.82) is 0 Å². The lowest BCUT2D eigenvalue weighted by molar-refractivity contribution is -0.143. The van der Waals surface area contributed by atoms with Crippen molar-refractivity contribution in [3.63, 3.8) is 0 Å². The molecule has 17 heavy (non-hydrogen) atoms. The third-order valence-corrected chi connectivity index (χ3v) is 1.83. The van der Waals surface area contributed by atoms with Crippen LogP contribution in [-0.4, -0.2) is 46.4 Å². The van der Waals surface area contributed by atoms with Gasteiger partial charge in [0.1, 0.15) is 6.61 Å². The number of aliphatic hydroxyl groups is 1. The molecular weight excluding hydrogens is 226 g/mol. The van der Waals surface area contributed by atoms with Gasteiger partial charge in [0.25, 0.3) is 0 Å². The van der Waals surface area contributed by atoms with Crippen LogP contribution in [0.25, 0.3) is 0 Å². The molecule has 1 amide bonds. The average molecular weight is 247 g/mol. The van der Waals surface area contributed by atoms with Gasteiger partial charge in [-0.3, -0.25) is 9.59 Å². The minimum absolute atomic E-state index is 0.118. The summed E-state index contributed by atoms with van der Waals surface area (Å²) in [5.41, 5.74) is -1.87. The largest absolute Gasteiger partial charge is 0.481 e. The summed E-state index contributed by atoms with van der Waals surface area (Å²) in [7, 11) is 0. The molecule has 0 bridgehead atoms. The Bertz CT molecular complexity index is 280. The fourth-order valence-corrected chi connectivity index (χ4v) is 1.01. The maximum atomic E-state index is 11.3. The molecule has 0 aliphatic rings. The minimum Gasteiger partial charge on any atom is -0.481 e. The standard InChI is InChI=1S/C11H21NO5/c1-10(2,3)17-6-8(13)12-7-11(4,16)5-9(14)15/h16H,5-7H2,1-4H3,(H,12,13)(H,14,15). The summed E-state index contributed by atoms with van der Waals surface area (Å²) >= 11 is 0. The molecular formula is C11H21NO5. The lowest BCUT2D eigenvalue weighted by Crippen LogP contribution is -2.43. The van der Waals surface area contributed by atoms with E-state index >= 15 is 0 Å². The Hall–Kier alpha value is -1.14. The highest BCUT2D eigenvalue weighted by Gasteiger charge is 2.25. The van der Waals surface area contributed by atoms with Crippen LogP contribution in [0, 0.1) is 0 Å². The molecule has 0 rings (SSSR count). The molecule has 1 atom stereocenters. The van der Waals surface area contributed by atoms with E-state index in [1.165, 1.54) is 6.92 Å². The van der Waals surface area contributed by atoms with Gasteiger partial charge in [-0.1, -0.05) is 0 Å². The number of carboxylic acids is 1. The summed E-state index contributed by atoms with van der Waals surface area (Å²) in [6.45, 7) is 6.58. The first-order valence-electron chi connectivity index (χ1n) is 5.37. The first-order chi connectivity index (χ1) is 7.52. The van der Waals surface area contributed by atoms with Crippen LogP contribution in [0.3, 0.4) is 0 Å². The molecule has 1 unspecified atom stereocenters. The number of amides is 1. The molecule has 0 aromatic carbocycles. The molecule has 6 heteroatoms. The summed E-state index contributed by atoms with van der Waals surface area (Å²) in [6.07, 6.45) is -0.423. The molecule has 0 fully saturated rings. The second-order valence-electron chi connectivity index (χ2n) is 5.25. The number of rotatable bonds is 6. The number of hydrogen-bond acceptors (Lipinski definition) is 4. The predicted octanol–water partition coefficient (Wildman–Crippen LogP) is 0.143. The van der Waals surface area contributed by atoms with Gasteiger partial charge in [0.2, 0.25) is 5.91 Å². The van der Waals surface area contributed by atoms with Gasteiger partial charge in [-0.25, -0.2) is 0 Å². The van der Waals surface area contributed by atoms with E-state index in [-0.39, 0.29) is 19.1 Å². The molecule has 3 N–H and O–H groups in total. The lowest BCUT2D eigenvalue weighted by Gasteiger charge is -2.23. The van der Waals surface area contributed by atoms with Crippen LogP contribution in [0.1, 0.15) is 34.1 Å². The molecule has 0 aliphatic heterocycles. The van der Waals surface area contributed by atoms with Gasteiger partial charge in [-0.15, -0.1) is 0 Å². The summed E-state index contributed by atoms with van der Waals surface area (Å²) in [6, 6.07) is 0. The van der Waals surface area contributed by atoms with Crippen molar-refractivity contribution in [2.45, 2.75) is 45.3 Å². The van der Waals surface area contributed by atoms with Crippen LogP contribution in [0.15, 0.2) is 0 Å². The number of ether oxygens (including phenoxy) is 1. The smallest absolute Gasteiger partial charge is 0.306 e. The van der Waals surface area contributed by atoms with Gasteiger partial charge in [-0.05, 0) is 27.7 Å². The molecule has 0 aromatic heterocycles. The summed E-state index contributed by atoms with van der Waals surface area (Å²) in [5, 5.41) is 20.6. The molecule has 0 heterocycles. The lowest BCUT2D eigenvalue weighted by atomic mass is 10.0. The van der Waals surface area contributed by atoms with Gasteiger partial charge in [0.15, 0.2) is 0 Å². The Kier molecular flexibility index (Phi) is 5.57. The summed E-state index contributed by atoms with van der Waals surface area (Å²) in [4.78, 5) is 21.7. The number of nitrogens with one attached hydrogen (secondary N) is 1. The molecule has 0 aromatic rings. The van der Waals surface area contributed by atoms with Gasteiger partial charge in [-0.2, -0.15) is 0 Å². The molecule has 100 valence electrons. The maximum Gasteiger partial charge on any atom is 0.306 e. The van der Waals surface area contributed by atoms with Crippen molar-refractivity contribution >= 4 is 11.9 Å². The van der Waals surface area contributed by atoms with Crippen molar-refractivity contribution in [3.8, 4) is 0 Å². The van der Waals surface area contributed by atoms with Crippen molar-refractivity contribution in [3.05, 3.63) is 0 Å². The van der Waals surface area contributed by atoms with E-state index in [9.17, 15) is 14.7 Å². The molecule has 0 spiro atoms. The van der Waals surface area contributed by atoms with Gasteiger partial charge < -0.3 is 20.3 Å². The van der Waals surface area contributed by atoms with E-state index in [0.29, 0.717) is 0 Å². The zero-order valence-corrected chi connectivity index (χ0v) is 10.7. The van der Waals surface area contributed by atoms with Crippen molar-refractivity contribution in [2.24, 2.45) is 0 Å². The van der Waals surface area contributed by atoms with Gasteiger partial charge in [0, 0.05) is 6.54 Å². The number of carboxylic acid groups (broad SMARTS) is 1. The number of carbonyl (C=O) groups is 2. The zero-order valence-electron chi connectivity index (χ0n) is 10.7. The number of hydrogen-bond donors (Lipinski definition) is 3. The second kappa shape index (κ2) is 5.97. The third-order valence-electron chi connectivity index (χ3n) is 1.83. The van der Waals surface area contributed by atoms with E-state index < -0.39 is 23.6 Å². The minimum atomic E-state index is -1.46. The maximum absolute atomic E-state index is 11.3. The van der Waals surface area contributed by atoms with E-state index in [2.05, 4.69) is 5.32 Å². The van der Waals surface area contributed by atoms with E-state index in [1.54, 1.807) is 0 Å². The third kappa shape index (κ3) is 9.77. The van der Waals surface area contributed by atoms with Crippen molar-refractivity contribution in [1.82, 2.24) is 5.32 Å². The van der Waals surface area contributed by atoms with E-state index in [4.69, 9.17) is 9.84 Å². The predicted molar refractivity (Wildman–Crippen MR) is 61.6 cm³/mol. The summed E-state index contributed by atoms with van der Waals surface area (Å²) in [5.74, 6) is -1.50. The van der Waals surface area contributed by atoms with Gasteiger partial charge in [0.05, 0.1) is 17.6 Å². The van der Waals surface area contributed by atoms with Crippen molar-refractivity contribution in [2.75, 3.05) is 13.2 Å². The van der Waals surface area contributed by atoms with Crippen LogP contribution >= 0.6 is 0 Å². The highest BCUT2D eigenvalue weighted by atomic mass is 16.5. The van der Waals surface area contributed by atoms with Crippen molar-refractivity contribution < 1.29 is 24.5 Å². The second-order valence-corrected chi connectivity index (χ2v) is 5.25. The first kappa shape index (κ1) is 15.9. The molecule has 0 saturated heterocycles. The molecule has 0 saturated carbocycles. The Morgan fingerprint density at radius 3 is 2.18 bits per heavy atom. The molecule has 0 radical (unpaired) electrons. The monoisotopic (exact) mass is 247 g/mol. The Morgan fingerprint density at radius 1 is 1.24 bits per heavy atom. The Morgan fingerprint density at radius 2 is 1.76 bits per heavy atom. The normalized spacial score (nSPS) is 15.1. The van der Waals surface area contributed by atoms with E-state index in [0.717, 1.165) is 0 Å². The van der Waals surface area contributed by atoms with Gasteiger partial charge >= 0.3 is 5.97 Å². The quantitative estimate of drug-likeness (QED) is 0.620. The fraction of sp³-hybridized carbons (Fsp3) is 0.818. The van der Waals surface area contributed by atoms with Crippen LogP contribution in [0.5, 0.6) is 0 Å². The Balaban J connectivity index is 3.95. The van der Waals surface area contributed by atoms with Crippen LogP contribution in [0.4, 0.5) is 0 Å². The average Bonchev–Trinajstić information content (AvgIpc) is 2.08. The topological polar surface area (TPSA) is 95.9 Å². The first-order valence-corrected chi connectivity index (χ1v) is 5.37. The highest BCUT2D eigenvalue weighted by molar-refractivity contribution is 5.77. The SMILES string of the molecule is CC(O)(CNC(=O)COC(C)(C)C)CC(=O)O.